The number of fused-ring (bicyclic) bond motifs is 1. The number of aromatic amines is 1. The van der Waals surface area contributed by atoms with Gasteiger partial charge in [-0.1, -0.05) is 54.1 Å². The number of nitrogens with zero attached hydrogens (tertiary/aromatic N) is 2. The third kappa shape index (κ3) is 3.69. The van der Waals surface area contributed by atoms with Gasteiger partial charge in [-0.05, 0) is 43.2 Å². The van der Waals surface area contributed by atoms with Crippen LogP contribution in [0.15, 0.2) is 71.8 Å². The number of hydrogen-bond acceptors (Lipinski definition) is 3. The molecule has 0 bridgehead atoms. The highest BCUT2D eigenvalue weighted by Gasteiger charge is 2.09. The number of aryl methyl sites for hydroxylation is 2. The number of para-hydroxylation sites is 1. The summed E-state index contributed by atoms with van der Waals surface area (Å²) in [6, 6.07) is 21.3. The number of hydrazone groups is 1. The molecular formula is C23H20N4O. The molecule has 0 aliphatic carbocycles. The van der Waals surface area contributed by atoms with Crippen molar-refractivity contribution in [3.63, 3.8) is 0 Å². The smallest absolute Gasteiger partial charge is 0.271 e. The van der Waals surface area contributed by atoms with Crippen LogP contribution in [0.4, 0.5) is 0 Å². The summed E-state index contributed by atoms with van der Waals surface area (Å²) in [6.45, 7) is 4.05. The van der Waals surface area contributed by atoms with Crippen LogP contribution in [0.25, 0.3) is 22.4 Å². The molecule has 0 saturated carbocycles. The number of benzene rings is 3. The number of aromatic nitrogens is 2. The Morgan fingerprint density at radius 1 is 1.04 bits per heavy atom. The molecule has 138 valence electrons. The van der Waals surface area contributed by atoms with Gasteiger partial charge in [-0.2, -0.15) is 5.10 Å². The Bertz CT molecular complexity index is 1170. The maximum atomic E-state index is 12.3. The zero-order chi connectivity index (χ0) is 19.5. The van der Waals surface area contributed by atoms with Gasteiger partial charge in [0.05, 0.1) is 17.2 Å². The highest BCUT2D eigenvalue weighted by atomic mass is 16.2. The maximum absolute atomic E-state index is 12.3. The van der Waals surface area contributed by atoms with Crippen molar-refractivity contribution in [2.75, 3.05) is 0 Å². The van der Waals surface area contributed by atoms with Gasteiger partial charge in [-0.25, -0.2) is 10.4 Å². The van der Waals surface area contributed by atoms with Gasteiger partial charge < -0.3 is 4.98 Å². The number of H-pyrrole nitrogens is 1. The van der Waals surface area contributed by atoms with Crippen molar-refractivity contribution in [2.45, 2.75) is 13.8 Å². The minimum Gasteiger partial charge on any atom is -0.338 e. The van der Waals surface area contributed by atoms with Crippen molar-refractivity contribution in [2.24, 2.45) is 5.10 Å². The molecule has 0 aliphatic rings. The maximum Gasteiger partial charge on any atom is 0.271 e. The Balaban J connectivity index is 1.47. The Morgan fingerprint density at radius 2 is 1.82 bits per heavy atom. The van der Waals surface area contributed by atoms with Gasteiger partial charge in [0.2, 0.25) is 0 Å². The van der Waals surface area contributed by atoms with Crippen molar-refractivity contribution in [3.8, 4) is 11.4 Å². The Labute approximate surface area is 163 Å². The van der Waals surface area contributed by atoms with Gasteiger partial charge in [0, 0.05) is 11.1 Å². The van der Waals surface area contributed by atoms with Gasteiger partial charge in [0.15, 0.2) is 0 Å². The standard InChI is InChI=1S/C23H20N4O/c1-15-5-3-7-17(13-15)14-24-27-23(28)19-11-9-18(10-12-19)22-25-20-8-4-6-16(2)21(20)26-22/h3-14H,1-2H3,(H,25,26)(H,27,28)/b24-14+. The molecule has 5 nitrogen and oxygen atoms in total. The minimum absolute atomic E-state index is 0.254. The van der Waals surface area contributed by atoms with E-state index in [2.05, 4.69) is 20.5 Å². The van der Waals surface area contributed by atoms with Gasteiger partial charge in [0.1, 0.15) is 5.82 Å². The number of amides is 1. The fourth-order valence-corrected chi connectivity index (χ4v) is 3.07. The monoisotopic (exact) mass is 368 g/mol. The molecule has 0 radical (unpaired) electrons. The first-order valence-electron chi connectivity index (χ1n) is 9.06. The fraction of sp³-hybridized carbons (Fsp3) is 0.0870. The minimum atomic E-state index is -0.254. The van der Waals surface area contributed by atoms with Crippen molar-refractivity contribution in [1.82, 2.24) is 15.4 Å². The summed E-state index contributed by atoms with van der Waals surface area (Å²) in [5, 5.41) is 4.04. The number of rotatable bonds is 4. The molecule has 3 aromatic carbocycles. The zero-order valence-corrected chi connectivity index (χ0v) is 15.7. The molecule has 1 amide bonds. The number of carbonyl (C=O) groups is 1. The van der Waals surface area contributed by atoms with E-state index < -0.39 is 0 Å². The Morgan fingerprint density at radius 3 is 2.57 bits per heavy atom. The normalized spacial score (nSPS) is 11.2. The van der Waals surface area contributed by atoms with Crippen LogP contribution in [0.5, 0.6) is 0 Å². The lowest BCUT2D eigenvalue weighted by molar-refractivity contribution is 0.0955. The third-order valence-electron chi connectivity index (χ3n) is 4.56. The quantitative estimate of drug-likeness (QED) is 0.408. The molecule has 4 rings (SSSR count). The molecule has 0 aliphatic heterocycles. The Kier molecular flexibility index (Phi) is 4.72. The van der Waals surface area contributed by atoms with E-state index in [4.69, 9.17) is 0 Å². The topological polar surface area (TPSA) is 70.1 Å². The van der Waals surface area contributed by atoms with E-state index in [0.717, 1.165) is 39.1 Å². The lowest BCUT2D eigenvalue weighted by atomic mass is 10.1. The molecular weight excluding hydrogens is 348 g/mol. The average Bonchev–Trinajstić information content (AvgIpc) is 3.14. The number of imidazole rings is 1. The van der Waals surface area contributed by atoms with Crippen LogP contribution in [0.3, 0.4) is 0 Å². The van der Waals surface area contributed by atoms with Gasteiger partial charge >= 0.3 is 0 Å². The molecule has 0 fully saturated rings. The van der Waals surface area contributed by atoms with E-state index in [9.17, 15) is 4.79 Å². The first kappa shape index (κ1) is 17.7. The number of nitrogens with one attached hydrogen (secondary N) is 2. The van der Waals surface area contributed by atoms with Crippen LogP contribution < -0.4 is 5.43 Å². The first-order valence-corrected chi connectivity index (χ1v) is 9.06. The number of hydrogen-bond donors (Lipinski definition) is 2. The summed E-state index contributed by atoms with van der Waals surface area (Å²) >= 11 is 0. The van der Waals surface area contributed by atoms with Crippen molar-refractivity contribution < 1.29 is 4.79 Å². The van der Waals surface area contributed by atoms with E-state index in [1.54, 1.807) is 18.3 Å². The highest BCUT2D eigenvalue weighted by molar-refractivity contribution is 5.95. The van der Waals surface area contributed by atoms with Crippen LogP contribution in [0.2, 0.25) is 0 Å². The molecule has 4 aromatic rings. The second-order valence-corrected chi connectivity index (χ2v) is 6.75. The molecule has 0 unspecified atom stereocenters. The molecule has 28 heavy (non-hydrogen) atoms. The van der Waals surface area contributed by atoms with Crippen LogP contribution in [0, 0.1) is 13.8 Å². The fourth-order valence-electron chi connectivity index (χ4n) is 3.07. The third-order valence-corrected chi connectivity index (χ3v) is 4.56. The van der Waals surface area contributed by atoms with Crippen molar-refractivity contribution in [1.29, 1.82) is 0 Å². The summed E-state index contributed by atoms with van der Waals surface area (Å²) < 4.78 is 0. The van der Waals surface area contributed by atoms with E-state index in [1.807, 2.05) is 68.4 Å². The van der Waals surface area contributed by atoms with E-state index in [-0.39, 0.29) is 5.91 Å². The SMILES string of the molecule is Cc1cccc(/C=N/NC(=O)c2ccc(-c3nc4c(C)cccc4[nH]3)cc2)c1. The summed E-state index contributed by atoms with van der Waals surface area (Å²) in [4.78, 5) is 20.3. The summed E-state index contributed by atoms with van der Waals surface area (Å²) in [5.41, 5.74) is 9.21. The van der Waals surface area contributed by atoms with E-state index >= 15 is 0 Å². The molecule has 2 N–H and O–H groups in total. The highest BCUT2D eigenvalue weighted by Crippen LogP contribution is 2.22. The second kappa shape index (κ2) is 7.48. The number of carbonyl (C=O) groups excluding carboxylic acids is 1. The molecule has 1 aromatic heterocycles. The van der Waals surface area contributed by atoms with E-state index in [0.29, 0.717) is 5.56 Å². The molecule has 5 heteroatoms. The van der Waals surface area contributed by atoms with Gasteiger partial charge in [0.25, 0.3) is 5.91 Å². The lowest BCUT2D eigenvalue weighted by Crippen LogP contribution is -2.17. The Hall–Kier alpha value is -3.73. The first-order chi connectivity index (χ1) is 13.6. The summed E-state index contributed by atoms with van der Waals surface area (Å²) in [7, 11) is 0. The van der Waals surface area contributed by atoms with Crippen molar-refractivity contribution in [3.05, 3.63) is 89.0 Å². The van der Waals surface area contributed by atoms with Gasteiger partial charge in [-0.15, -0.1) is 0 Å². The van der Waals surface area contributed by atoms with Crippen molar-refractivity contribution >= 4 is 23.2 Å². The largest absolute Gasteiger partial charge is 0.338 e. The second-order valence-electron chi connectivity index (χ2n) is 6.75. The van der Waals surface area contributed by atoms with Crippen LogP contribution in [-0.4, -0.2) is 22.1 Å². The predicted octanol–water partition coefficient (Wildman–Crippen LogP) is 4.61. The zero-order valence-electron chi connectivity index (χ0n) is 15.7. The lowest BCUT2D eigenvalue weighted by Gasteiger charge is -2.02. The van der Waals surface area contributed by atoms with Crippen LogP contribution >= 0.6 is 0 Å². The molecule has 0 atom stereocenters. The predicted molar refractivity (Wildman–Crippen MR) is 113 cm³/mol. The summed E-state index contributed by atoms with van der Waals surface area (Å²) in [6.07, 6.45) is 1.63. The van der Waals surface area contributed by atoms with Crippen LogP contribution in [0.1, 0.15) is 27.0 Å². The molecule has 1 heterocycles. The molecule has 0 saturated heterocycles. The van der Waals surface area contributed by atoms with E-state index in [1.165, 1.54) is 0 Å². The van der Waals surface area contributed by atoms with Gasteiger partial charge in [-0.3, -0.25) is 4.79 Å². The van der Waals surface area contributed by atoms with Crippen LogP contribution in [-0.2, 0) is 0 Å². The summed E-state index contributed by atoms with van der Waals surface area (Å²) in [5.74, 6) is 0.532. The molecule has 0 spiro atoms. The average molecular weight is 368 g/mol.